The van der Waals surface area contributed by atoms with E-state index in [0.29, 0.717) is 23.4 Å². The molecule has 0 fully saturated rings. The average molecular weight is 263 g/mol. The number of likely N-dealkylation sites (N-methyl/N-ethyl adjacent to an activating group) is 1. The first-order valence-electron chi connectivity index (χ1n) is 6.26. The third-order valence-electron chi connectivity index (χ3n) is 3.44. The van der Waals surface area contributed by atoms with Crippen LogP contribution >= 0.6 is 0 Å². The largest absolute Gasteiger partial charge is 0.481 e. The Morgan fingerprint density at radius 2 is 2.21 bits per heavy atom. The van der Waals surface area contributed by atoms with Gasteiger partial charge in [0.1, 0.15) is 5.75 Å². The average Bonchev–Trinajstić information content (AvgIpc) is 2.36. The second-order valence-electron chi connectivity index (χ2n) is 4.68. The van der Waals surface area contributed by atoms with E-state index in [4.69, 9.17) is 4.74 Å². The van der Waals surface area contributed by atoms with Gasteiger partial charge in [-0.25, -0.2) is 0 Å². The predicted octanol–water partition coefficient (Wildman–Crippen LogP) is 2.01. The summed E-state index contributed by atoms with van der Waals surface area (Å²) in [7, 11) is 1.69. The molecule has 1 aliphatic rings. The Morgan fingerprint density at radius 3 is 2.79 bits per heavy atom. The molecule has 0 bridgehead atoms. The van der Waals surface area contributed by atoms with E-state index in [-0.39, 0.29) is 5.91 Å². The number of hydrogen-bond acceptors (Lipinski definition) is 3. The Bertz CT molecular complexity index is 526. The van der Waals surface area contributed by atoms with Gasteiger partial charge >= 0.3 is 5.97 Å². The quantitative estimate of drug-likeness (QED) is 0.905. The van der Waals surface area contributed by atoms with Crippen LogP contribution in [0.25, 0.3) is 0 Å². The van der Waals surface area contributed by atoms with Gasteiger partial charge in [0.2, 0.25) is 0 Å². The maximum absolute atomic E-state index is 11.8. The van der Waals surface area contributed by atoms with E-state index in [1.165, 1.54) is 4.90 Å². The van der Waals surface area contributed by atoms with E-state index in [9.17, 15) is 14.7 Å². The normalized spacial score (nSPS) is 19.6. The van der Waals surface area contributed by atoms with E-state index in [1.54, 1.807) is 32.2 Å². The molecule has 1 N–H and O–H groups in total. The highest BCUT2D eigenvalue weighted by Gasteiger charge is 2.30. The van der Waals surface area contributed by atoms with Crippen molar-refractivity contribution >= 4 is 17.6 Å². The molecule has 19 heavy (non-hydrogen) atoms. The molecule has 0 aromatic heterocycles. The Morgan fingerprint density at radius 1 is 1.53 bits per heavy atom. The smallest absolute Gasteiger partial charge is 0.310 e. The third-order valence-corrected chi connectivity index (χ3v) is 3.44. The monoisotopic (exact) mass is 263 g/mol. The first-order chi connectivity index (χ1) is 8.95. The lowest BCUT2D eigenvalue weighted by Gasteiger charge is -2.30. The van der Waals surface area contributed by atoms with E-state index >= 15 is 0 Å². The first-order valence-corrected chi connectivity index (χ1v) is 6.26. The van der Waals surface area contributed by atoms with Crippen molar-refractivity contribution in [2.75, 3.05) is 11.9 Å². The number of fused-ring (bicyclic) bond motifs is 1. The number of ether oxygens (including phenoxy) is 1. The number of carboxylic acids is 1. The van der Waals surface area contributed by atoms with Crippen LogP contribution in [0.3, 0.4) is 0 Å². The van der Waals surface area contributed by atoms with Crippen LogP contribution in [-0.2, 0) is 9.59 Å². The standard InChI is InChI=1S/C14H17NO4/c1-4-10(14(17)18)9-5-6-11-12(7-9)19-8(2)13(16)15(11)3/h5-8,10H,4H2,1-3H3,(H,17,18). The zero-order valence-electron chi connectivity index (χ0n) is 11.2. The molecule has 1 amide bonds. The number of anilines is 1. The summed E-state index contributed by atoms with van der Waals surface area (Å²) >= 11 is 0. The minimum Gasteiger partial charge on any atom is -0.481 e. The fourth-order valence-electron chi connectivity index (χ4n) is 2.30. The van der Waals surface area contributed by atoms with Crippen LogP contribution in [0.2, 0.25) is 0 Å². The highest BCUT2D eigenvalue weighted by atomic mass is 16.5. The van der Waals surface area contributed by atoms with Gasteiger partial charge in [0.05, 0.1) is 11.6 Å². The van der Waals surface area contributed by atoms with Crippen molar-refractivity contribution in [1.29, 1.82) is 0 Å². The number of nitrogens with zero attached hydrogens (tertiary/aromatic N) is 1. The molecule has 5 heteroatoms. The van der Waals surface area contributed by atoms with Crippen molar-refractivity contribution in [3.8, 4) is 5.75 Å². The van der Waals surface area contributed by atoms with Crippen molar-refractivity contribution in [1.82, 2.24) is 0 Å². The van der Waals surface area contributed by atoms with E-state index in [0.717, 1.165) is 0 Å². The summed E-state index contributed by atoms with van der Waals surface area (Å²) in [6, 6.07) is 5.20. The molecule has 1 heterocycles. The molecule has 0 aliphatic carbocycles. The van der Waals surface area contributed by atoms with Crippen LogP contribution in [0.1, 0.15) is 31.7 Å². The van der Waals surface area contributed by atoms with Crippen LogP contribution in [0.5, 0.6) is 5.75 Å². The lowest BCUT2D eigenvalue weighted by molar-refractivity contribution is -0.138. The molecule has 0 spiro atoms. The van der Waals surface area contributed by atoms with E-state index in [1.807, 2.05) is 6.92 Å². The minimum atomic E-state index is -0.851. The fourth-order valence-corrected chi connectivity index (χ4v) is 2.30. The fraction of sp³-hybridized carbons (Fsp3) is 0.429. The van der Waals surface area contributed by atoms with Crippen LogP contribution in [0.4, 0.5) is 5.69 Å². The Kier molecular flexibility index (Phi) is 3.46. The summed E-state index contributed by atoms with van der Waals surface area (Å²) in [5.41, 5.74) is 1.37. The highest BCUT2D eigenvalue weighted by Crippen LogP contribution is 2.36. The second-order valence-corrected chi connectivity index (χ2v) is 4.68. The van der Waals surface area contributed by atoms with Gasteiger partial charge in [-0.05, 0) is 31.0 Å². The number of amides is 1. The molecule has 1 aliphatic heterocycles. The van der Waals surface area contributed by atoms with Crippen LogP contribution in [0.15, 0.2) is 18.2 Å². The molecule has 2 rings (SSSR count). The van der Waals surface area contributed by atoms with Crippen molar-refractivity contribution in [2.45, 2.75) is 32.3 Å². The van der Waals surface area contributed by atoms with Crippen LogP contribution < -0.4 is 9.64 Å². The topological polar surface area (TPSA) is 66.8 Å². The summed E-state index contributed by atoms with van der Waals surface area (Å²) in [5.74, 6) is -0.944. The SMILES string of the molecule is CCC(C(=O)O)c1ccc2c(c1)OC(C)C(=O)N2C. The van der Waals surface area contributed by atoms with E-state index < -0.39 is 18.0 Å². The molecule has 1 aromatic carbocycles. The predicted molar refractivity (Wildman–Crippen MR) is 70.6 cm³/mol. The first kappa shape index (κ1) is 13.4. The van der Waals surface area contributed by atoms with Crippen molar-refractivity contribution in [2.24, 2.45) is 0 Å². The van der Waals surface area contributed by atoms with Gasteiger partial charge in [-0.3, -0.25) is 9.59 Å². The molecule has 2 atom stereocenters. The van der Waals surface area contributed by atoms with Crippen LogP contribution in [-0.4, -0.2) is 30.1 Å². The Balaban J connectivity index is 2.42. The maximum atomic E-state index is 11.8. The zero-order chi connectivity index (χ0) is 14.2. The summed E-state index contributed by atoms with van der Waals surface area (Å²) in [6.07, 6.45) is -0.0315. The van der Waals surface area contributed by atoms with Gasteiger partial charge in [-0.15, -0.1) is 0 Å². The molecule has 0 saturated carbocycles. The number of carbonyl (C=O) groups excluding carboxylic acids is 1. The minimum absolute atomic E-state index is 0.106. The molecular weight excluding hydrogens is 246 g/mol. The van der Waals surface area contributed by atoms with Crippen molar-refractivity contribution < 1.29 is 19.4 Å². The molecule has 0 saturated heterocycles. The van der Waals surface area contributed by atoms with Crippen LogP contribution in [0, 0.1) is 0 Å². The van der Waals surface area contributed by atoms with Gasteiger partial charge < -0.3 is 14.7 Å². The van der Waals surface area contributed by atoms with Gasteiger partial charge in [0, 0.05) is 7.05 Å². The number of benzene rings is 1. The number of carboxylic acid groups (broad SMARTS) is 1. The zero-order valence-corrected chi connectivity index (χ0v) is 11.2. The van der Waals surface area contributed by atoms with Gasteiger partial charge in [0.15, 0.2) is 6.10 Å². The molecule has 2 unspecified atom stereocenters. The number of rotatable bonds is 3. The third kappa shape index (κ3) is 2.28. The summed E-state index contributed by atoms with van der Waals surface area (Å²) in [5, 5.41) is 9.17. The summed E-state index contributed by atoms with van der Waals surface area (Å²) in [4.78, 5) is 24.5. The lowest BCUT2D eigenvalue weighted by atomic mass is 9.95. The Labute approximate surface area is 111 Å². The lowest BCUT2D eigenvalue weighted by Crippen LogP contribution is -2.42. The number of carbonyl (C=O) groups is 2. The second kappa shape index (κ2) is 4.91. The molecule has 1 aromatic rings. The van der Waals surface area contributed by atoms with Gasteiger partial charge in [-0.1, -0.05) is 13.0 Å². The summed E-state index contributed by atoms with van der Waals surface area (Å²) in [6.45, 7) is 3.51. The van der Waals surface area contributed by atoms with Crippen molar-refractivity contribution in [3.05, 3.63) is 23.8 Å². The van der Waals surface area contributed by atoms with Gasteiger partial charge in [0.25, 0.3) is 5.91 Å². The van der Waals surface area contributed by atoms with Crippen molar-refractivity contribution in [3.63, 3.8) is 0 Å². The molecule has 0 radical (unpaired) electrons. The van der Waals surface area contributed by atoms with Gasteiger partial charge in [-0.2, -0.15) is 0 Å². The number of aliphatic carboxylic acids is 1. The molecule has 102 valence electrons. The molecular formula is C14H17NO4. The highest BCUT2D eigenvalue weighted by molar-refractivity contribution is 5.99. The Hall–Kier alpha value is -2.04. The summed E-state index contributed by atoms with van der Waals surface area (Å²) < 4.78 is 5.55. The molecule has 5 nitrogen and oxygen atoms in total. The maximum Gasteiger partial charge on any atom is 0.310 e. The number of hydrogen-bond donors (Lipinski definition) is 1. The van der Waals surface area contributed by atoms with E-state index in [2.05, 4.69) is 0 Å².